The van der Waals surface area contributed by atoms with Crippen LogP contribution >= 0.6 is 0 Å². The topological polar surface area (TPSA) is 9.23 Å². The van der Waals surface area contributed by atoms with Crippen molar-refractivity contribution in [1.29, 1.82) is 0 Å². The Morgan fingerprint density at radius 2 is 0.895 bits per heavy atom. The van der Waals surface area contributed by atoms with E-state index in [2.05, 4.69) is 0 Å². The zero-order chi connectivity index (χ0) is 16.3. The first-order valence-corrected chi connectivity index (χ1v) is 3.46. The van der Waals surface area contributed by atoms with Crippen LogP contribution in [0.15, 0.2) is 0 Å². The molecule has 0 rings (SSSR count). The highest BCUT2D eigenvalue weighted by Gasteiger charge is 2.64. The molecule has 1 nitrogen and oxygen atoms in total. The van der Waals surface area contributed by atoms with Gasteiger partial charge in [0.05, 0.1) is 0 Å². The Labute approximate surface area is 94.5 Å². The van der Waals surface area contributed by atoms with Crippen LogP contribution in [-0.2, 0) is 4.74 Å². The van der Waals surface area contributed by atoms with Crippen molar-refractivity contribution in [2.75, 3.05) is 0 Å². The minimum atomic E-state index is -6.37. The van der Waals surface area contributed by atoms with E-state index in [1.165, 1.54) is 4.74 Å². The van der Waals surface area contributed by atoms with Crippen LogP contribution in [0.4, 0.5) is 57.1 Å². The zero-order valence-electron chi connectivity index (χ0n) is 7.90. The molecule has 0 spiro atoms. The van der Waals surface area contributed by atoms with E-state index >= 15 is 0 Å². The smallest absolute Gasteiger partial charge is 0.218 e. The van der Waals surface area contributed by atoms with Gasteiger partial charge < -0.3 is 0 Å². The Kier molecular flexibility index (Phi) is 6.44. The molecule has 0 aromatic heterocycles. The number of halogens is 13. The summed E-state index contributed by atoms with van der Waals surface area (Å²) in [6.07, 6.45) is -28.1. The lowest BCUT2D eigenvalue weighted by molar-refractivity contribution is -0.485. The molecule has 0 aromatic carbocycles. The SMILES string of the molecule is FC(F)(F)OC(F)(F)C(F)(F)F.FC(F)C(F)(F)F. The van der Waals surface area contributed by atoms with Crippen LogP contribution in [-0.4, -0.2) is 31.2 Å². The maximum atomic E-state index is 11.4. The molecule has 0 radical (unpaired) electrons. The molecule has 19 heavy (non-hydrogen) atoms. The lowest BCUT2D eigenvalue weighted by atomic mass is 10.6. The van der Waals surface area contributed by atoms with Gasteiger partial charge in [0.15, 0.2) is 0 Å². The predicted octanol–water partition coefficient (Wildman–Crippen LogP) is 4.49. The second-order valence-electron chi connectivity index (χ2n) is 2.40. The molecule has 0 fully saturated rings. The molecule has 0 saturated heterocycles. The van der Waals surface area contributed by atoms with E-state index in [0.29, 0.717) is 0 Å². The average molecular weight is 324 g/mol. The van der Waals surface area contributed by atoms with Gasteiger partial charge in [-0.2, -0.15) is 35.1 Å². The van der Waals surface area contributed by atoms with Crippen molar-refractivity contribution in [2.45, 2.75) is 31.2 Å². The Balaban J connectivity index is 0. The molecule has 0 bridgehead atoms. The predicted molar refractivity (Wildman–Crippen MR) is 30.2 cm³/mol. The van der Waals surface area contributed by atoms with E-state index in [1.807, 2.05) is 0 Å². The monoisotopic (exact) mass is 324 g/mol. The third-order valence-electron chi connectivity index (χ3n) is 0.821. The molecule has 0 aliphatic carbocycles. The van der Waals surface area contributed by atoms with Crippen molar-refractivity contribution in [3.8, 4) is 0 Å². The summed E-state index contributed by atoms with van der Waals surface area (Å²) in [7, 11) is 0. The van der Waals surface area contributed by atoms with Crippen LogP contribution in [0.3, 0.4) is 0 Å². The molecular formula is C5HF13O. The van der Waals surface area contributed by atoms with Gasteiger partial charge in [0.1, 0.15) is 0 Å². The fourth-order valence-electron chi connectivity index (χ4n) is 0.203. The lowest BCUT2D eigenvalue weighted by Gasteiger charge is -2.20. The third-order valence-corrected chi connectivity index (χ3v) is 0.821. The lowest BCUT2D eigenvalue weighted by Crippen LogP contribution is -2.43. The molecule has 0 unspecified atom stereocenters. The summed E-state index contributed by atoms with van der Waals surface area (Å²) in [6.45, 7) is 0. The number of hydrogen-bond acceptors (Lipinski definition) is 1. The fourth-order valence-corrected chi connectivity index (χ4v) is 0.203. The normalized spacial score (nSPS) is 14.2. The van der Waals surface area contributed by atoms with E-state index in [9.17, 15) is 57.1 Å². The summed E-state index contributed by atoms with van der Waals surface area (Å²) in [4.78, 5) is 0. The summed E-state index contributed by atoms with van der Waals surface area (Å²) < 4.78 is 142. The summed E-state index contributed by atoms with van der Waals surface area (Å²) in [5, 5.41) is 0. The zero-order valence-corrected chi connectivity index (χ0v) is 7.90. The first-order valence-electron chi connectivity index (χ1n) is 3.46. The van der Waals surface area contributed by atoms with E-state index in [-0.39, 0.29) is 0 Å². The summed E-state index contributed by atoms with van der Waals surface area (Å²) in [5.74, 6) is 0. The molecule has 0 atom stereocenters. The highest BCUT2D eigenvalue weighted by Crippen LogP contribution is 2.40. The Morgan fingerprint density at radius 3 is 0.947 bits per heavy atom. The number of rotatable bonds is 1. The molecule has 0 saturated carbocycles. The molecular weight excluding hydrogens is 323 g/mol. The van der Waals surface area contributed by atoms with Crippen molar-refractivity contribution >= 4 is 0 Å². The largest absolute Gasteiger partial charge is 0.527 e. The van der Waals surface area contributed by atoms with Gasteiger partial charge in [0.2, 0.25) is 0 Å². The van der Waals surface area contributed by atoms with Crippen molar-refractivity contribution in [3.05, 3.63) is 0 Å². The van der Waals surface area contributed by atoms with Crippen molar-refractivity contribution in [3.63, 3.8) is 0 Å². The molecule has 0 heterocycles. The maximum absolute atomic E-state index is 11.4. The van der Waals surface area contributed by atoms with Gasteiger partial charge in [-0.05, 0) is 0 Å². The summed E-state index contributed by atoms with van der Waals surface area (Å²) in [5.41, 5.74) is 0. The average Bonchev–Trinajstić information content (AvgIpc) is 1.95. The van der Waals surface area contributed by atoms with Crippen LogP contribution in [0, 0.1) is 0 Å². The quantitative estimate of drug-likeness (QED) is 0.646. The molecule has 0 N–H and O–H groups in total. The van der Waals surface area contributed by atoms with Gasteiger partial charge in [-0.15, -0.1) is 13.2 Å². The number of ether oxygens (including phenoxy) is 1. The standard InChI is InChI=1S/C3F8O.C2HF5/c4-1(5,6)2(7,8)12-3(9,10)11;3-1(4)2(5,6)7/h;1H. The van der Waals surface area contributed by atoms with Crippen molar-refractivity contribution in [2.24, 2.45) is 0 Å². The fraction of sp³-hybridized carbons (Fsp3) is 1.00. The van der Waals surface area contributed by atoms with Crippen molar-refractivity contribution < 1.29 is 61.8 Å². The minimum absolute atomic E-state index is 1.53. The number of hydrogen-bond donors (Lipinski definition) is 0. The van der Waals surface area contributed by atoms with Crippen LogP contribution in [0.2, 0.25) is 0 Å². The van der Waals surface area contributed by atoms with Crippen LogP contribution in [0.25, 0.3) is 0 Å². The second kappa shape index (κ2) is 6.00. The Hall–Kier alpha value is -0.950. The van der Waals surface area contributed by atoms with E-state index in [0.717, 1.165) is 0 Å². The number of alkyl halides is 13. The summed E-state index contributed by atoms with van der Waals surface area (Å²) in [6, 6.07) is 0. The van der Waals surface area contributed by atoms with Gasteiger partial charge >= 0.3 is 31.2 Å². The molecule has 0 aliphatic heterocycles. The highest BCUT2D eigenvalue weighted by molar-refractivity contribution is 4.64. The third kappa shape index (κ3) is 9.61. The van der Waals surface area contributed by atoms with Crippen molar-refractivity contribution in [1.82, 2.24) is 0 Å². The van der Waals surface area contributed by atoms with Gasteiger partial charge in [0, 0.05) is 0 Å². The van der Waals surface area contributed by atoms with Gasteiger partial charge in [0.25, 0.3) is 0 Å². The van der Waals surface area contributed by atoms with E-state index < -0.39 is 31.2 Å². The molecule has 0 aromatic rings. The summed E-state index contributed by atoms with van der Waals surface area (Å²) >= 11 is 0. The first kappa shape index (κ1) is 20.4. The molecule has 0 amide bonds. The second-order valence-corrected chi connectivity index (χ2v) is 2.40. The first-order chi connectivity index (χ1) is 7.90. The molecule has 118 valence electrons. The Bertz CT molecular complexity index is 256. The molecule has 0 aliphatic rings. The highest BCUT2D eigenvalue weighted by atomic mass is 19.4. The Morgan fingerprint density at radius 1 is 0.632 bits per heavy atom. The maximum Gasteiger partial charge on any atom is 0.527 e. The van der Waals surface area contributed by atoms with Gasteiger partial charge in [-0.3, -0.25) is 0 Å². The van der Waals surface area contributed by atoms with Gasteiger partial charge in [-0.25, -0.2) is 13.5 Å². The van der Waals surface area contributed by atoms with E-state index in [4.69, 9.17) is 0 Å². The van der Waals surface area contributed by atoms with Crippen LogP contribution in [0.5, 0.6) is 0 Å². The van der Waals surface area contributed by atoms with E-state index in [1.54, 1.807) is 0 Å². The molecule has 14 heteroatoms. The van der Waals surface area contributed by atoms with Crippen LogP contribution < -0.4 is 0 Å². The van der Waals surface area contributed by atoms with Gasteiger partial charge in [-0.1, -0.05) is 0 Å². The minimum Gasteiger partial charge on any atom is -0.218 e. The van der Waals surface area contributed by atoms with Crippen LogP contribution in [0.1, 0.15) is 0 Å².